The number of rotatable bonds is 5. The van der Waals surface area contributed by atoms with Crippen molar-refractivity contribution in [1.29, 1.82) is 0 Å². The van der Waals surface area contributed by atoms with Gasteiger partial charge in [0.2, 0.25) is 5.91 Å². The first kappa shape index (κ1) is 19.1. The van der Waals surface area contributed by atoms with E-state index in [9.17, 15) is 14.0 Å². The van der Waals surface area contributed by atoms with E-state index in [1.165, 1.54) is 18.5 Å². The van der Waals surface area contributed by atoms with E-state index in [1.807, 2.05) is 0 Å². The number of hydrogen-bond donors (Lipinski definition) is 1. The summed E-state index contributed by atoms with van der Waals surface area (Å²) in [5, 5.41) is 7.46. The van der Waals surface area contributed by atoms with Crippen LogP contribution >= 0.6 is 23.2 Å². The van der Waals surface area contributed by atoms with Crippen LogP contribution in [-0.2, 0) is 11.3 Å². The summed E-state index contributed by atoms with van der Waals surface area (Å²) >= 11 is 11.9. The molecule has 0 radical (unpaired) electrons. The summed E-state index contributed by atoms with van der Waals surface area (Å²) in [6.07, 6.45) is 2.21. The van der Waals surface area contributed by atoms with E-state index in [0.717, 1.165) is 21.0 Å². The Morgan fingerprint density at radius 2 is 2.04 bits per heavy atom. The zero-order chi connectivity index (χ0) is 19.6. The average Bonchev–Trinajstić information content (AvgIpc) is 2.98. The molecule has 2 heterocycles. The number of nitrogens with one attached hydrogen (secondary N) is 1. The second-order valence-corrected chi connectivity index (χ2v) is 6.55. The Morgan fingerprint density at radius 1 is 1.26 bits per heavy atom. The molecule has 3 rings (SSSR count). The number of aromatic nitrogens is 4. The average molecular weight is 410 g/mol. The van der Waals surface area contributed by atoms with Crippen LogP contribution in [0.2, 0.25) is 10.0 Å². The quantitative estimate of drug-likeness (QED) is 0.702. The number of nitrogens with zero attached hydrogens (tertiary/aromatic N) is 4. The highest BCUT2D eigenvalue weighted by Gasteiger charge is 2.15. The lowest BCUT2D eigenvalue weighted by atomic mass is 10.1. The van der Waals surface area contributed by atoms with Gasteiger partial charge >= 0.3 is 5.69 Å². The normalized spacial score (nSPS) is 12.0. The van der Waals surface area contributed by atoms with Crippen LogP contribution in [0.25, 0.3) is 5.82 Å². The molecule has 7 nitrogen and oxygen atoms in total. The number of halogens is 3. The topological polar surface area (TPSA) is 81.8 Å². The fourth-order valence-electron chi connectivity index (χ4n) is 2.40. The number of benzene rings is 1. The molecule has 1 N–H and O–H groups in total. The van der Waals surface area contributed by atoms with Gasteiger partial charge in [-0.25, -0.2) is 23.4 Å². The first-order valence-corrected chi connectivity index (χ1v) is 8.61. The van der Waals surface area contributed by atoms with Crippen LogP contribution in [0, 0.1) is 5.82 Å². The van der Waals surface area contributed by atoms with Crippen molar-refractivity contribution in [2.45, 2.75) is 19.5 Å². The molecule has 0 bridgehead atoms. The molecule has 10 heteroatoms. The molecule has 1 atom stereocenters. The lowest BCUT2D eigenvalue weighted by Crippen LogP contribution is -2.34. The maximum absolute atomic E-state index is 12.9. The molecule has 0 saturated heterocycles. The highest BCUT2D eigenvalue weighted by molar-refractivity contribution is 6.42. The number of amides is 1. The van der Waals surface area contributed by atoms with Crippen LogP contribution in [0.1, 0.15) is 18.5 Å². The summed E-state index contributed by atoms with van der Waals surface area (Å²) in [5.74, 6) is -0.722. The fraction of sp³-hybridized carbons (Fsp3) is 0.176. The molecule has 0 spiro atoms. The largest absolute Gasteiger partial charge is 0.352 e. The third-order valence-electron chi connectivity index (χ3n) is 3.81. The van der Waals surface area contributed by atoms with Crippen molar-refractivity contribution >= 4 is 29.1 Å². The van der Waals surface area contributed by atoms with Gasteiger partial charge in [0.1, 0.15) is 24.5 Å². The van der Waals surface area contributed by atoms with Crippen molar-refractivity contribution in [3.05, 3.63) is 74.8 Å². The van der Waals surface area contributed by atoms with Crippen molar-refractivity contribution in [2.75, 3.05) is 0 Å². The third-order valence-corrected chi connectivity index (χ3v) is 4.55. The molecule has 0 aliphatic heterocycles. The summed E-state index contributed by atoms with van der Waals surface area (Å²) in [7, 11) is 0. The minimum atomic E-state index is -0.563. The van der Waals surface area contributed by atoms with Crippen LogP contribution in [0.3, 0.4) is 0 Å². The highest BCUT2D eigenvalue weighted by Crippen LogP contribution is 2.25. The first-order valence-electron chi connectivity index (χ1n) is 7.86. The van der Waals surface area contributed by atoms with Gasteiger partial charge in [0.05, 0.1) is 22.3 Å². The van der Waals surface area contributed by atoms with Gasteiger partial charge in [0.15, 0.2) is 0 Å². The summed E-state index contributed by atoms with van der Waals surface area (Å²) in [4.78, 5) is 28.4. The summed E-state index contributed by atoms with van der Waals surface area (Å²) in [5.41, 5.74) is 0.206. The second-order valence-electron chi connectivity index (χ2n) is 5.74. The molecule has 27 heavy (non-hydrogen) atoms. The summed E-state index contributed by atoms with van der Waals surface area (Å²) in [6, 6.07) is 7.23. The molecule has 0 unspecified atom stereocenters. The van der Waals surface area contributed by atoms with Gasteiger partial charge in [0.25, 0.3) is 0 Å². The van der Waals surface area contributed by atoms with Gasteiger partial charge in [-0.2, -0.15) is 5.10 Å². The SMILES string of the molecule is C[C@H](NC(=O)Cn1ncn(-c2ccc(F)cn2)c1=O)c1ccc(Cl)c(Cl)c1. The zero-order valence-corrected chi connectivity index (χ0v) is 15.6. The monoisotopic (exact) mass is 409 g/mol. The smallest absolute Gasteiger partial charge is 0.348 e. The minimum Gasteiger partial charge on any atom is -0.348 e. The van der Waals surface area contributed by atoms with E-state index in [0.29, 0.717) is 10.0 Å². The minimum absolute atomic E-state index is 0.206. The maximum Gasteiger partial charge on any atom is 0.352 e. The molecule has 0 fully saturated rings. The van der Waals surface area contributed by atoms with Crippen molar-refractivity contribution in [1.82, 2.24) is 24.6 Å². The summed E-state index contributed by atoms with van der Waals surface area (Å²) in [6.45, 7) is 1.50. The van der Waals surface area contributed by atoms with Crippen molar-refractivity contribution < 1.29 is 9.18 Å². The lowest BCUT2D eigenvalue weighted by Gasteiger charge is -2.14. The Kier molecular flexibility index (Phi) is 5.57. The van der Waals surface area contributed by atoms with E-state index in [4.69, 9.17) is 23.2 Å². The molecule has 1 amide bonds. The first-order chi connectivity index (χ1) is 12.8. The molecule has 0 saturated carbocycles. The standard InChI is InChI=1S/C17H14Cl2FN5O2/c1-10(11-2-4-13(18)14(19)6-11)23-16(26)8-25-17(27)24(9-22-25)15-5-3-12(20)7-21-15/h2-7,9-10H,8H2,1H3,(H,23,26)/t10-/m0/s1. The van der Waals surface area contributed by atoms with E-state index in [2.05, 4.69) is 15.4 Å². The Morgan fingerprint density at radius 3 is 2.70 bits per heavy atom. The Bertz CT molecular complexity index is 1030. The number of carbonyl (C=O) groups is 1. The predicted octanol–water partition coefficient (Wildman–Crippen LogP) is 2.75. The molecule has 1 aromatic carbocycles. The van der Waals surface area contributed by atoms with Gasteiger partial charge < -0.3 is 5.32 Å². The molecule has 0 aliphatic rings. The Labute approximate surface area is 163 Å². The van der Waals surface area contributed by atoms with Crippen LogP contribution < -0.4 is 11.0 Å². The van der Waals surface area contributed by atoms with Crippen LogP contribution in [0.4, 0.5) is 4.39 Å². The molecule has 2 aromatic heterocycles. The van der Waals surface area contributed by atoms with Crippen LogP contribution in [0.5, 0.6) is 0 Å². The third kappa shape index (κ3) is 4.35. The number of carbonyl (C=O) groups excluding carboxylic acids is 1. The summed E-state index contributed by atoms with van der Waals surface area (Å²) < 4.78 is 15.1. The molecular weight excluding hydrogens is 396 g/mol. The molecule has 3 aromatic rings. The Hall–Kier alpha value is -2.71. The van der Waals surface area contributed by atoms with E-state index < -0.39 is 17.4 Å². The number of pyridine rings is 1. The lowest BCUT2D eigenvalue weighted by molar-refractivity contribution is -0.122. The Balaban J connectivity index is 1.70. The number of hydrogen-bond acceptors (Lipinski definition) is 4. The fourth-order valence-corrected chi connectivity index (χ4v) is 2.71. The van der Waals surface area contributed by atoms with Gasteiger partial charge in [-0.1, -0.05) is 29.3 Å². The van der Waals surface area contributed by atoms with Crippen molar-refractivity contribution in [3.8, 4) is 5.82 Å². The molecule has 0 aliphatic carbocycles. The predicted molar refractivity (Wildman–Crippen MR) is 98.6 cm³/mol. The second kappa shape index (κ2) is 7.89. The zero-order valence-electron chi connectivity index (χ0n) is 14.1. The molecule has 140 valence electrons. The van der Waals surface area contributed by atoms with Crippen LogP contribution in [0.15, 0.2) is 47.7 Å². The van der Waals surface area contributed by atoms with Gasteiger partial charge in [0, 0.05) is 0 Å². The van der Waals surface area contributed by atoms with Gasteiger partial charge in [-0.05, 0) is 36.8 Å². The van der Waals surface area contributed by atoms with Crippen molar-refractivity contribution in [2.24, 2.45) is 0 Å². The van der Waals surface area contributed by atoms with Crippen molar-refractivity contribution in [3.63, 3.8) is 0 Å². The van der Waals surface area contributed by atoms with Gasteiger partial charge in [-0.15, -0.1) is 0 Å². The van der Waals surface area contributed by atoms with E-state index >= 15 is 0 Å². The van der Waals surface area contributed by atoms with E-state index in [-0.39, 0.29) is 18.4 Å². The molecular formula is C17H14Cl2FN5O2. The van der Waals surface area contributed by atoms with E-state index in [1.54, 1.807) is 25.1 Å². The van der Waals surface area contributed by atoms with Crippen LogP contribution in [-0.4, -0.2) is 25.2 Å². The van der Waals surface area contributed by atoms with Gasteiger partial charge in [-0.3, -0.25) is 4.79 Å². The highest BCUT2D eigenvalue weighted by atomic mass is 35.5. The maximum atomic E-state index is 12.9.